The van der Waals surface area contributed by atoms with E-state index in [4.69, 9.17) is 11.0 Å². The largest absolute Gasteiger partial charge is 0.375 e. The van der Waals surface area contributed by atoms with Crippen molar-refractivity contribution in [3.05, 3.63) is 5.69 Å². The molecule has 1 aromatic rings. The maximum atomic E-state index is 11.9. The lowest BCUT2D eigenvalue weighted by Gasteiger charge is -2.27. The van der Waals surface area contributed by atoms with Gasteiger partial charge in [0.2, 0.25) is 5.91 Å². The molecule has 1 unspecified atom stereocenters. The fraction of sp³-hybridized carbons (Fsp3) is 0.583. The molecule has 104 valence electrons. The molecule has 1 amide bonds. The molecule has 0 aromatic carbocycles. The number of aromatic nitrogens is 1. The van der Waals surface area contributed by atoms with Crippen molar-refractivity contribution in [3.63, 3.8) is 0 Å². The number of thiazole rings is 1. The average Bonchev–Trinajstić information content (AvgIpc) is 2.64. The molecule has 1 heterocycles. The van der Waals surface area contributed by atoms with Gasteiger partial charge < -0.3 is 11.1 Å². The van der Waals surface area contributed by atoms with Gasteiger partial charge in [0.1, 0.15) is 5.54 Å². The Morgan fingerprint density at radius 2 is 2.32 bits per heavy atom. The van der Waals surface area contributed by atoms with Crippen molar-refractivity contribution in [2.45, 2.75) is 37.4 Å². The zero-order chi connectivity index (χ0) is 14.6. The van der Waals surface area contributed by atoms with E-state index in [1.165, 1.54) is 23.1 Å². The maximum absolute atomic E-state index is 11.9. The molecule has 0 aliphatic carbocycles. The highest BCUT2D eigenvalue weighted by Crippen LogP contribution is 2.30. The fourth-order valence-electron chi connectivity index (χ4n) is 1.29. The monoisotopic (exact) mass is 298 g/mol. The summed E-state index contributed by atoms with van der Waals surface area (Å²) in [6.07, 6.45) is 0. The number of nitrogens with two attached hydrogens (primary N) is 1. The number of carbonyl (C=O) groups is 1. The van der Waals surface area contributed by atoms with Crippen molar-refractivity contribution in [2.75, 3.05) is 11.5 Å². The summed E-state index contributed by atoms with van der Waals surface area (Å²) in [5, 5.41) is 12.4. The number of nitrogen functional groups attached to an aromatic ring is 1. The Kier molecular flexibility index (Phi) is 5.20. The van der Waals surface area contributed by atoms with Gasteiger partial charge in [-0.2, -0.15) is 5.26 Å². The third-order valence-electron chi connectivity index (χ3n) is 2.89. The molecule has 0 aliphatic heterocycles. The molecule has 0 fully saturated rings. The highest BCUT2D eigenvalue weighted by molar-refractivity contribution is 8.01. The van der Waals surface area contributed by atoms with Gasteiger partial charge in [-0.3, -0.25) is 4.79 Å². The molecular weight excluding hydrogens is 280 g/mol. The first-order valence-electron chi connectivity index (χ1n) is 5.86. The van der Waals surface area contributed by atoms with Gasteiger partial charge in [0, 0.05) is 0 Å². The summed E-state index contributed by atoms with van der Waals surface area (Å²) in [6, 6.07) is 2.15. The Morgan fingerprint density at radius 3 is 2.74 bits per heavy atom. The number of aryl methyl sites for hydroxylation is 1. The average molecular weight is 298 g/mol. The standard InChI is InChI=1S/C12H18N4OS2/c1-7(2)12(4,6-13)16-9(17)5-18-10-8(3)15-11(14)19-10/h7H,5H2,1-4H3,(H2,14,15)(H,16,17). The first kappa shape index (κ1) is 15.8. The number of nitrogens with zero attached hydrogens (tertiary/aromatic N) is 2. The molecule has 0 aliphatic rings. The predicted octanol–water partition coefficient (Wildman–Crippen LogP) is 2.18. The smallest absolute Gasteiger partial charge is 0.231 e. The second kappa shape index (κ2) is 6.26. The Morgan fingerprint density at radius 1 is 1.68 bits per heavy atom. The van der Waals surface area contributed by atoms with E-state index < -0.39 is 5.54 Å². The third-order valence-corrected chi connectivity index (χ3v) is 5.24. The van der Waals surface area contributed by atoms with Gasteiger partial charge in [0.15, 0.2) is 5.13 Å². The zero-order valence-electron chi connectivity index (χ0n) is 11.5. The SMILES string of the molecule is Cc1nc(N)sc1SCC(=O)NC(C)(C#N)C(C)C. The number of nitriles is 1. The van der Waals surface area contributed by atoms with Crippen molar-refractivity contribution in [1.82, 2.24) is 10.3 Å². The second-order valence-corrected chi connectivity index (χ2v) is 7.01. The minimum Gasteiger partial charge on any atom is -0.375 e. The lowest BCUT2D eigenvalue weighted by atomic mass is 9.90. The molecule has 0 saturated carbocycles. The van der Waals surface area contributed by atoms with Crippen LogP contribution in [0.5, 0.6) is 0 Å². The van der Waals surface area contributed by atoms with Gasteiger partial charge in [-0.15, -0.1) is 11.8 Å². The summed E-state index contributed by atoms with van der Waals surface area (Å²) in [7, 11) is 0. The Balaban J connectivity index is 2.58. The Hall–Kier alpha value is -1.26. The summed E-state index contributed by atoms with van der Waals surface area (Å²) >= 11 is 2.76. The lowest BCUT2D eigenvalue weighted by molar-refractivity contribution is -0.120. The first-order chi connectivity index (χ1) is 8.78. The van der Waals surface area contributed by atoms with Crippen LogP contribution in [0.4, 0.5) is 5.13 Å². The molecule has 3 N–H and O–H groups in total. The van der Waals surface area contributed by atoms with E-state index >= 15 is 0 Å². The van der Waals surface area contributed by atoms with E-state index in [0.29, 0.717) is 5.13 Å². The van der Waals surface area contributed by atoms with Gasteiger partial charge in [-0.05, 0) is 19.8 Å². The van der Waals surface area contributed by atoms with Crippen LogP contribution >= 0.6 is 23.1 Å². The summed E-state index contributed by atoms with van der Waals surface area (Å²) in [5.41, 5.74) is 5.61. The molecule has 0 bridgehead atoms. The third kappa shape index (κ3) is 4.11. The van der Waals surface area contributed by atoms with Crippen LogP contribution in [0.1, 0.15) is 26.5 Å². The van der Waals surface area contributed by atoms with E-state index in [1.54, 1.807) is 6.92 Å². The molecule has 0 saturated heterocycles. The van der Waals surface area contributed by atoms with Crippen molar-refractivity contribution in [3.8, 4) is 6.07 Å². The Bertz CT molecular complexity index is 506. The van der Waals surface area contributed by atoms with Crippen LogP contribution in [-0.4, -0.2) is 22.2 Å². The first-order valence-corrected chi connectivity index (χ1v) is 7.66. The van der Waals surface area contributed by atoms with E-state index in [1.807, 2.05) is 20.8 Å². The number of hydrogen-bond acceptors (Lipinski definition) is 6. The van der Waals surface area contributed by atoms with Crippen molar-refractivity contribution >= 4 is 34.1 Å². The summed E-state index contributed by atoms with van der Waals surface area (Å²) < 4.78 is 0.941. The molecule has 0 spiro atoms. The fourth-order valence-corrected chi connectivity index (χ4v) is 3.12. The van der Waals surface area contributed by atoms with Crippen LogP contribution in [0.25, 0.3) is 0 Å². The van der Waals surface area contributed by atoms with E-state index in [0.717, 1.165) is 9.90 Å². The predicted molar refractivity (Wildman–Crippen MR) is 79.0 cm³/mol. The highest BCUT2D eigenvalue weighted by atomic mass is 32.2. The number of anilines is 1. The molecule has 7 heteroatoms. The minimum atomic E-state index is -0.834. The number of hydrogen-bond donors (Lipinski definition) is 2. The van der Waals surface area contributed by atoms with Crippen LogP contribution in [0.3, 0.4) is 0 Å². The van der Waals surface area contributed by atoms with Crippen molar-refractivity contribution in [2.24, 2.45) is 5.92 Å². The van der Waals surface area contributed by atoms with Gasteiger partial charge in [-0.1, -0.05) is 25.2 Å². The number of rotatable bonds is 5. The normalized spacial score (nSPS) is 13.9. The molecule has 1 aromatic heterocycles. The van der Waals surface area contributed by atoms with Gasteiger partial charge >= 0.3 is 0 Å². The zero-order valence-corrected chi connectivity index (χ0v) is 13.1. The van der Waals surface area contributed by atoms with Crippen molar-refractivity contribution in [1.29, 1.82) is 5.26 Å². The van der Waals surface area contributed by atoms with Crippen LogP contribution < -0.4 is 11.1 Å². The van der Waals surface area contributed by atoms with Gasteiger partial charge in [0.05, 0.1) is 21.7 Å². The number of thioether (sulfide) groups is 1. The second-order valence-electron chi connectivity index (χ2n) is 4.73. The van der Waals surface area contributed by atoms with Gasteiger partial charge in [0.25, 0.3) is 0 Å². The van der Waals surface area contributed by atoms with Crippen molar-refractivity contribution < 1.29 is 4.79 Å². The topological polar surface area (TPSA) is 91.8 Å². The summed E-state index contributed by atoms with van der Waals surface area (Å²) in [6.45, 7) is 7.41. The van der Waals surface area contributed by atoms with Crippen LogP contribution in [0.15, 0.2) is 4.21 Å². The molecule has 19 heavy (non-hydrogen) atoms. The van der Waals surface area contributed by atoms with E-state index in [9.17, 15) is 4.79 Å². The Labute approximate surface area is 121 Å². The molecule has 0 radical (unpaired) electrons. The molecule has 1 rings (SSSR count). The minimum absolute atomic E-state index is 0.0484. The lowest BCUT2D eigenvalue weighted by Crippen LogP contribution is -2.49. The summed E-state index contributed by atoms with van der Waals surface area (Å²) in [5.74, 6) is 0.147. The molecule has 5 nitrogen and oxygen atoms in total. The van der Waals surface area contributed by atoms with E-state index in [-0.39, 0.29) is 17.6 Å². The van der Waals surface area contributed by atoms with E-state index in [2.05, 4.69) is 16.4 Å². The van der Waals surface area contributed by atoms with Gasteiger partial charge in [-0.25, -0.2) is 4.98 Å². The number of amides is 1. The number of nitrogens with one attached hydrogen (secondary N) is 1. The number of carbonyl (C=O) groups excluding carboxylic acids is 1. The molecular formula is C12H18N4OS2. The quantitative estimate of drug-likeness (QED) is 0.813. The maximum Gasteiger partial charge on any atom is 0.231 e. The molecule has 1 atom stereocenters. The van der Waals surface area contributed by atoms with Crippen LogP contribution in [0, 0.1) is 24.2 Å². The van der Waals surface area contributed by atoms with Crippen LogP contribution in [0.2, 0.25) is 0 Å². The highest BCUT2D eigenvalue weighted by Gasteiger charge is 2.29. The van der Waals surface area contributed by atoms with Crippen LogP contribution in [-0.2, 0) is 4.79 Å². The summed E-state index contributed by atoms with van der Waals surface area (Å²) in [4.78, 5) is 16.0.